The monoisotopic (exact) mass is 236 g/mol. The second-order valence-corrected chi connectivity index (χ2v) is 5.33. The van der Waals surface area contributed by atoms with Crippen molar-refractivity contribution in [3.8, 4) is 0 Å². The summed E-state index contributed by atoms with van der Waals surface area (Å²) in [4.78, 5) is 16.3. The molecular weight excluding hydrogens is 220 g/mol. The van der Waals surface area contributed by atoms with Gasteiger partial charge in [-0.15, -0.1) is 11.3 Å². The lowest BCUT2D eigenvalue weighted by molar-refractivity contribution is 0.505. The maximum Gasteiger partial charge on any atom is 0.271 e. The Morgan fingerprint density at radius 3 is 3.06 bits per heavy atom. The summed E-state index contributed by atoms with van der Waals surface area (Å²) >= 11 is 1.47. The summed E-state index contributed by atoms with van der Waals surface area (Å²) < 4.78 is 2.49. The highest BCUT2D eigenvalue weighted by Gasteiger charge is 2.04. The van der Waals surface area contributed by atoms with Crippen molar-refractivity contribution < 1.29 is 0 Å². The lowest BCUT2D eigenvalue weighted by Gasteiger charge is -2.06. The van der Waals surface area contributed by atoms with Crippen LogP contribution in [0.15, 0.2) is 22.6 Å². The molecule has 0 bridgehead atoms. The molecule has 3 nitrogen and oxygen atoms in total. The molecular formula is C12H16N2OS. The number of hydrogen-bond acceptors (Lipinski definition) is 3. The number of rotatable bonds is 4. The van der Waals surface area contributed by atoms with Crippen LogP contribution in [0.2, 0.25) is 0 Å². The highest BCUT2D eigenvalue weighted by atomic mass is 32.1. The van der Waals surface area contributed by atoms with Gasteiger partial charge in [0.05, 0.1) is 11.8 Å². The molecule has 86 valence electrons. The molecule has 2 aromatic heterocycles. The van der Waals surface area contributed by atoms with Gasteiger partial charge in [0.2, 0.25) is 0 Å². The van der Waals surface area contributed by atoms with Crippen molar-refractivity contribution in [3.63, 3.8) is 0 Å². The van der Waals surface area contributed by atoms with E-state index in [0.29, 0.717) is 5.92 Å². The smallest absolute Gasteiger partial charge is 0.271 e. The lowest BCUT2D eigenvalue weighted by atomic mass is 10.1. The Hall–Kier alpha value is -1.16. The first-order chi connectivity index (χ1) is 7.68. The van der Waals surface area contributed by atoms with E-state index in [1.165, 1.54) is 11.3 Å². The third-order valence-corrected chi connectivity index (χ3v) is 3.51. The molecule has 0 spiro atoms. The summed E-state index contributed by atoms with van der Waals surface area (Å²) in [6.45, 7) is 5.17. The fourth-order valence-electron chi connectivity index (χ4n) is 1.71. The molecule has 0 aromatic carbocycles. The average Bonchev–Trinajstić information content (AvgIpc) is 2.69. The molecule has 4 heteroatoms. The Kier molecular flexibility index (Phi) is 3.39. The quantitative estimate of drug-likeness (QED) is 0.818. The molecule has 0 amide bonds. The second-order valence-electron chi connectivity index (χ2n) is 4.41. The van der Waals surface area contributed by atoms with Gasteiger partial charge in [0, 0.05) is 6.54 Å². The van der Waals surface area contributed by atoms with Crippen LogP contribution in [0.3, 0.4) is 0 Å². The summed E-state index contributed by atoms with van der Waals surface area (Å²) in [5.41, 5.74) is 0.916. The fraction of sp³-hybridized carbons (Fsp3) is 0.500. The Labute approximate surface area is 98.8 Å². The van der Waals surface area contributed by atoms with E-state index in [1.54, 1.807) is 10.9 Å². The molecule has 0 radical (unpaired) electrons. The van der Waals surface area contributed by atoms with Crippen LogP contribution in [-0.2, 0) is 6.54 Å². The first-order valence-corrected chi connectivity index (χ1v) is 6.49. The van der Waals surface area contributed by atoms with Crippen molar-refractivity contribution >= 4 is 21.6 Å². The maximum atomic E-state index is 12.0. The van der Waals surface area contributed by atoms with Crippen molar-refractivity contribution in [3.05, 3.63) is 28.1 Å². The van der Waals surface area contributed by atoms with Crippen LogP contribution in [-0.4, -0.2) is 9.55 Å². The van der Waals surface area contributed by atoms with Gasteiger partial charge in [-0.3, -0.25) is 9.36 Å². The average molecular weight is 236 g/mol. The predicted octanol–water partition coefficient (Wildman–Crippen LogP) is 2.89. The zero-order valence-corrected chi connectivity index (χ0v) is 10.5. The van der Waals surface area contributed by atoms with E-state index >= 15 is 0 Å². The normalized spacial score (nSPS) is 11.4. The number of aryl methyl sites for hydroxylation is 1. The SMILES string of the molecule is CC(C)CCCn1cnc2ccsc2c1=O. The van der Waals surface area contributed by atoms with E-state index < -0.39 is 0 Å². The van der Waals surface area contributed by atoms with Crippen LogP contribution in [0.4, 0.5) is 0 Å². The van der Waals surface area contributed by atoms with Gasteiger partial charge in [-0.05, 0) is 30.2 Å². The van der Waals surface area contributed by atoms with Crippen LogP contribution >= 0.6 is 11.3 Å². The summed E-state index contributed by atoms with van der Waals surface area (Å²) in [6.07, 6.45) is 3.85. The molecule has 0 atom stereocenters. The Morgan fingerprint density at radius 2 is 2.31 bits per heavy atom. The number of fused-ring (bicyclic) bond motifs is 1. The van der Waals surface area contributed by atoms with E-state index in [9.17, 15) is 4.79 Å². The molecule has 0 saturated heterocycles. The molecule has 0 saturated carbocycles. The van der Waals surface area contributed by atoms with Gasteiger partial charge < -0.3 is 0 Å². The Balaban J connectivity index is 2.18. The van der Waals surface area contributed by atoms with E-state index in [1.807, 2.05) is 11.4 Å². The maximum absolute atomic E-state index is 12.0. The van der Waals surface area contributed by atoms with Gasteiger partial charge in [-0.2, -0.15) is 0 Å². The molecule has 0 aliphatic rings. The van der Waals surface area contributed by atoms with Crippen molar-refractivity contribution in [2.24, 2.45) is 5.92 Å². The number of thiophene rings is 1. The van der Waals surface area contributed by atoms with Gasteiger partial charge in [0.25, 0.3) is 5.56 Å². The van der Waals surface area contributed by atoms with Crippen LogP contribution in [0.1, 0.15) is 26.7 Å². The molecule has 0 unspecified atom stereocenters. The zero-order valence-electron chi connectivity index (χ0n) is 9.64. The molecule has 0 fully saturated rings. The van der Waals surface area contributed by atoms with Crippen LogP contribution < -0.4 is 5.56 Å². The molecule has 2 heterocycles. The second kappa shape index (κ2) is 4.78. The van der Waals surface area contributed by atoms with Crippen LogP contribution in [0.5, 0.6) is 0 Å². The van der Waals surface area contributed by atoms with E-state index in [2.05, 4.69) is 18.8 Å². The van der Waals surface area contributed by atoms with Crippen molar-refractivity contribution in [1.82, 2.24) is 9.55 Å². The summed E-state index contributed by atoms with van der Waals surface area (Å²) in [6, 6.07) is 1.89. The molecule has 0 N–H and O–H groups in total. The van der Waals surface area contributed by atoms with Crippen molar-refractivity contribution in [2.45, 2.75) is 33.2 Å². The minimum absolute atomic E-state index is 0.101. The van der Waals surface area contributed by atoms with Gasteiger partial charge in [0.15, 0.2) is 0 Å². The van der Waals surface area contributed by atoms with Gasteiger partial charge in [-0.25, -0.2) is 4.98 Å². The van der Waals surface area contributed by atoms with Gasteiger partial charge >= 0.3 is 0 Å². The van der Waals surface area contributed by atoms with Crippen LogP contribution in [0.25, 0.3) is 10.2 Å². The number of aromatic nitrogens is 2. The van der Waals surface area contributed by atoms with Crippen molar-refractivity contribution in [2.75, 3.05) is 0 Å². The standard InChI is InChI=1S/C12H16N2OS/c1-9(2)4-3-6-14-8-13-10-5-7-16-11(10)12(14)15/h5,7-9H,3-4,6H2,1-2H3. The summed E-state index contributed by atoms with van der Waals surface area (Å²) in [5.74, 6) is 0.689. The summed E-state index contributed by atoms with van der Waals surface area (Å²) in [5, 5.41) is 1.91. The molecule has 2 rings (SSSR count). The molecule has 2 aromatic rings. The number of hydrogen-bond donors (Lipinski definition) is 0. The van der Waals surface area contributed by atoms with Gasteiger partial charge in [-0.1, -0.05) is 13.8 Å². The number of nitrogens with zero attached hydrogens (tertiary/aromatic N) is 2. The zero-order chi connectivity index (χ0) is 11.5. The van der Waals surface area contributed by atoms with Gasteiger partial charge in [0.1, 0.15) is 4.70 Å². The Bertz CT molecular complexity index is 527. The molecule has 0 aliphatic heterocycles. The lowest BCUT2D eigenvalue weighted by Crippen LogP contribution is -2.19. The van der Waals surface area contributed by atoms with E-state index in [0.717, 1.165) is 29.6 Å². The van der Waals surface area contributed by atoms with E-state index in [4.69, 9.17) is 0 Å². The minimum Gasteiger partial charge on any atom is -0.298 e. The third kappa shape index (κ3) is 2.32. The first-order valence-electron chi connectivity index (χ1n) is 5.61. The minimum atomic E-state index is 0.101. The largest absolute Gasteiger partial charge is 0.298 e. The van der Waals surface area contributed by atoms with Crippen LogP contribution in [0, 0.1) is 5.92 Å². The topological polar surface area (TPSA) is 34.9 Å². The third-order valence-electron chi connectivity index (χ3n) is 2.62. The Morgan fingerprint density at radius 1 is 1.50 bits per heavy atom. The molecule has 0 aliphatic carbocycles. The predicted molar refractivity (Wildman–Crippen MR) is 68.0 cm³/mol. The molecule has 16 heavy (non-hydrogen) atoms. The highest BCUT2D eigenvalue weighted by molar-refractivity contribution is 7.17. The van der Waals surface area contributed by atoms with E-state index in [-0.39, 0.29) is 5.56 Å². The highest BCUT2D eigenvalue weighted by Crippen LogP contribution is 2.13. The fourth-order valence-corrected chi connectivity index (χ4v) is 2.50. The van der Waals surface area contributed by atoms with Crippen molar-refractivity contribution in [1.29, 1.82) is 0 Å². The summed E-state index contributed by atoms with van der Waals surface area (Å²) in [7, 11) is 0. The first kappa shape index (κ1) is 11.3.